The summed E-state index contributed by atoms with van der Waals surface area (Å²) in [6, 6.07) is 12.3. The van der Waals surface area contributed by atoms with E-state index >= 15 is 0 Å². The largest absolute Gasteiger partial charge is 0.494 e. The summed E-state index contributed by atoms with van der Waals surface area (Å²) in [6.45, 7) is 2.55. The minimum atomic E-state index is -3.97. The molecule has 2 aromatic carbocycles. The number of sulfonamides is 1. The number of ether oxygens (including phenoxy) is 1. The highest BCUT2D eigenvalue weighted by atomic mass is 32.2. The van der Waals surface area contributed by atoms with Crippen LogP contribution in [0.15, 0.2) is 57.8 Å². The van der Waals surface area contributed by atoms with Gasteiger partial charge in [0.15, 0.2) is 5.11 Å². The Bertz CT molecular complexity index is 1020. The van der Waals surface area contributed by atoms with Gasteiger partial charge in [-0.05, 0) is 61.1 Å². The van der Waals surface area contributed by atoms with Gasteiger partial charge in [-0.2, -0.15) is 8.42 Å². The minimum absolute atomic E-state index is 0.0507. The Balaban J connectivity index is 2.00. The number of amides is 1. The maximum absolute atomic E-state index is 12.3. The zero-order chi connectivity index (χ0) is 21.4. The van der Waals surface area contributed by atoms with Gasteiger partial charge in [0.1, 0.15) is 5.75 Å². The number of anilines is 1. The predicted octanol–water partition coefficient (Wildman–Crippen LogP) is 1.56. The van der Waals surface area contributed by atoms with E-state index in [1.54, 1.807) is 24.3 Å². The fourth-order valence-corrected chi connectivity index (χ4v) is 3.26. The molecule has 1 amide bonds. The van der Waals surface area contributed by atoms with E-state index in [-0.39, 0.29) is 10.0 Å². The van der Waals surface area contributed by atoms with Gasteiger partial charge in [-0.3, -0.25) is 10.1 Å². The molecule has 9 nitrogen and oxygen atoms in total. The van der Waals surface area contributed by atoms with Crippen molar-refractivity contribution < 1.29 is 17.9 Å². The second-order valence-electron chi connectivity index (χ2n) is 5.80. The number of hydrogen-bond acceptors (Lipinski definition) is 5. The molecule has 154 valence electrons. The SMILES string of the molecule is CCCOc1cccc(C(=O)NC(=S)Nc2ccc(S(=O)(=O)N=C(N)N)cc2)c1. The van der Waals surface area contributed by atoms with E-state index in [4.69, 9.17) is 28.4 Å². The van der Waals surface area contributed by atoms with Gasteiger partial charge in [0.25, 0.3) is 15.9 Å². The molecule has 0 heterocycles. The molecule has 0 radical (unpaired) electrons. The molecular formula is C18H21N5O4S2. The van der Waals surface area contributed by atoms with E-state index in [9.17, 15) is 13.2 Å². The van der Waals surface area contributed by atoms with E-state index in [0.29, 0.717) is 23.6 Å². The zero-order valence-electron chi connectivity index (χ0n) is 15.6. The first kappa shape index (κ1) is 22.1. The lowest BCUT2D eigenvalue weighted by atomic mass is 10.2. The Labute approximate surface area is 174 Å². The van der Waals surface area contributed by atoms with Crippen molar-refractivity contribution in [3.8, 4) is 5.75 Å². The lowest BCUT2D eigenvalue weighted by molar-refractivity contribution is 0.0977. The molecule has 29 heavy (non-hydrogen) atoms. The van der Waals surface area contributed by atoms with Crippen molar-refractivity contribution in [1.29, 1.82) is 0 Å². The Hall–Kier alpha value is -3.18. The molecule has 0 saturated heterocycles. The second kappa shape index (κ2) is 9.85. The molecule has 0 aromatic heterocycles. The van der Waals surface area contributed by atoms with Gasteiger partial charge >= 0.3 is 0 Å². The van der Waals surface area contributed by atoms with Crippen molar-refractivity contribution >= 4 is 44.9 Å². The molecule has 0 aliphatic rings. The highest BCUT2D eigenvalue weighted by Crippen LogP contribution is 2.16. The Kier molecular flexibility index (Phi) is 7.51. The van der Waals surface area contributed by atoms with Gasteiger partial charge < -0.3 is 21.5 Å². The van der Waals surface area contributed by atoms with Crippen LogP contribution < -0.4 is 26.8 Å². The Morgan fingerprint density at radius 2 is 1.86 bits per heavy atom. The third-order valence-electron chi connectivity index (χ3n) is 3.43. The number of nitrogens with one attached hydrogen (secondary N) is 2. The van der Waals surface area contributed by atoms with Crippen molar-refractivity contribution in [3.05, 3.63) is 54.1 Å². The van der Waals surface area contributed by atoms with Crippen LogP contribution in [0.5, 0.6) is 5.75 Å². The maximum atomic E-state index is 12.3. The minimum Gasteiger partial charge on any atom is -0.494 e. The molecule has 0 aliphatic heterocycles. The van der Waals surface area contributed by atoms with Crippen molar-refractivity contribution in [1.82, 2.24) is 5.32 Å². The van der Waals surface area contributed by atoms with Gasteiger partial charge in [-0.15, -0.1) is 4.40 Å². The summed E-state index contributed by atoms with van der Waals surface area (Å²) in [7, 11) is -3.97. The third kappa shape index (κ3) is 6.73. The highest BCUT2D eigenvalue weighted by Gasteiger charge is 2.13. The maximum Gasteiger partial charge on any atom is 0.285 e. The van der Waals surface area contributed by atoms with Crippen LogP contribution in [-0.4, -0.2) is 32.0 Å². The van der Waals surface area contributed by atoms with Crippen LogP contribution in [0, 0.1) is 0 Å². The molecule has 0 bridgehead atoms. The van der Waals surface area contributed by atoms with Crippen LogP contribution in [-0.2, 0) is 10.0 Å². The normalized spacial score (nSPS) is 10.7. The fraction of sp³-hybridized carbons (Fsp3) is 0.167. The standard InChI is InChI=1S/C18H21N5O4S2/c1-2-10-27-14-5-3-4-12(11-14)16(24)22-18(28)21-13-6-8-15(9-7-13)29(25,26)23-17(19)20/h3-9,11H,2,10H2,1H3,(H4,19,20,23)(H2,21,22,24,28). The van der Waals surface area contributed by atoms with Crippen LogP contribution >= 0.6 is 12.2 Å². The van der Waals surface area contributed by atoms with Crippen LogP contribution in [0.3, 0.4) is 0 Å². The number of nitrogens with two attached hydrogens (primary N) is 2. The summed E-state index contributed by atoms with van der Waals surface area (Å²) < 4.78 is 32.5. The first-order valence-corrected chi connectivity index (χ1v) is 10.4. The summed E-state index contributed by atoms with van der Waals surface area (Å²) in [4.78, 5) is 12.3. The van der Waals surface area contributed by atoms with Crippen LogP contribution in [0.1, 0.15) is 23.7 Å². The summed E-state index contributed by atoms with van der Waals surface area (Å²) >= 11 is 5.13. The quantitative estimate of drug-likeness (QED) is 0.291. The first-order valence-electron chi connectivity index (χ1n) is 8.52. The molecule has 2 aromatic rings. The van der Waals surface area contributed by atoms with Gasteiger partial charge in [-0.1, -0.05) is 13.0 Å². The summed E-state index contributed by atoms with van der Waals surface area (Å²) in [6.07, 6.45) is 0.858. The third-order valence-corrected chi connectivity index (χ3v) is 4.95. The smallest absolute Gasteiger partial charge is 0.285 e. The molecule has 0 atom stereocenters. The van der Waals surface area contributed by atoms with E-state index in [2.05, 4.69) is 15.0 Å². The first-order chi connectivity index (χ1) is 13.7. The van der Waals surface area contributed by atoms with E-state index in [0.717, 1.165) is 6.42 Å². The molecule has 0 unspecified atom stereocenters. The van der Waals surface area contributed by atoms with Crippen LogP contribution in [0.2, 0.25) is 0 Å². The number of benzene rings is 2. The fourth-order valence-electron chi connectivity index (χ4n) is 2.19. The lowest BCUT2D eigenvalue weighted by Gasteiger charge is -2.11. The van der Waals surface area contributed by atoms with E-state index < -0.39 is 21.9 Å². The van der Waals surface area contributed by atoms with Gasteiger partial charge in [0, 0.05) is 11.3 Å². The molecule has 0 saturated carbocycles. The molecule has 0 fully saturated rings. The second-order valence-corrected chi connectivity index (χ2v) is 7.81. The van der Waals surface area contributed by atoms with Crippen molar-refractivity contribution in [2.24, 2.45) is 15.9 Å². The summed E-state index contributed by atoms with van der Waals surface area (Å²) in [5.41, 5.74) is 11.1. The Morgan fingerprint density at radius 1 is 1.17 bits per heavy atom. The van der Waals surface area contributed by atoms with Gasteiger partial charge in [0.2, 0.25) is 5.96 Å². The molecule has 0 aliphatic carbocycles. The number of carbonyl (C=O) groups is 1. The number of nitrogens with zero attached hydrogens (tertiary/aromatic N) is 1. The Morgan fingerprint density at radius 3 is 2.48 bits per heavy atom. The number of hydrogen-bond donors (Lipinski definition) is 4. The van der Waals surface area contributed by atoms with E-state index in [1.807, 2.05) is 6.92 Å². The van der Waals surface area contributed by atoms with Crippen LogP contribution in [0.25, 0.3) is 0 Å². The van der Waals surface area contributed by atoms with Crippen molar-refractivity contribution in [2.45, 2.75) is 18.2 Å². The highest BCUT2D eigenvalue weighted by molar-refractivity contribution is 7.90. The average Bonchev–Trinajstić information content (AvgIpc) is 2.66. The van der Waals surface area contributed by atoms with E-state index in [1.165, 1.54) is 24.3 Å². The summed E-state index contributed by atoms with van der Waals surface area (Å²) in [5, 5.41) is 5.40. The number of thiocarbonyl (C=S) groups is 1. The average molecular weight is 436 g/mol. The zero-order valence-corrected chi connectivity index (χ0v) is 17.2. The van der Waals surface area contributed by atoms with Gasteiger partial charge in [-0.25, -0.2) is 0 Å². The molecule has 0 spiro atoms. The molecular weight excluding hydrogens is 414 g/mol. The predicted molar refractivity (Wildman–Crippen MR) is 115 cm³/mol. The lowest BCUT2D eigenvalue weighted by Crippen LogP contribution is -2.34. The number of guanidine groups is 1. The number of rotatable bonds is 7. The van der Waals surface area contributed by atoms with Crippen molar-refractivity contribution in [3.63, 3.8) is 0 Å². The van der Waals surface area contributed by atoms with Crippen LogP contribution in [0.4, 0.5) is 5.69 Å². The van der Waals surface area contributed by atoms with Gasteiger partial charge in [0.05, 0.1) is 11.5 Å². The number of carbonyl (C=O) groups excluding carboxylic acids is 1. The topological polar surface area (TPSA) is 149 Å². The molecule has 2 rings (SSSR count). The molecule has 6 N–H and O–H groups in total. The monoisotopic (exact) mass is 435 g/mol. The molecule has 11 heteroatoms. The van der Waals surface area contributed by atoms with Crippen molar-refractivity contribution in [2.75, 3.05) is 11.9 Å². The summed E-state index contributed by atoms with van der Waals surface area (Å²) in [5.74, 6) is -0.368.